The molecule has 0 aliphatic heterocycles. The molecule has 0 aliphatic rings. The average Bonchev–Trinajstić information content (AvgIpc) is 1.85. The Morgan fingerprint density at radius 2 is 1.58 bits per heavy atom. The Morgan fingerprint density at radius 1 is 1.08 bits per heavy atom. The molecule has 0 amide bonds. The Kier molecular flexibility index (Phi) is 5.19. The lowest BCUT2D eigenvalue weighted by atomic mass is 9.81. The first kappa shape index (κ1) is 11.7. The third-order valence-corrected chi connectivity index (χ3v) is 2.43. The molecule has 0 aromatic carbocycles. The fourth-order valence-electron chi connectivity index (χ4n) is 1.85. The number of hydrogen-bond acceptors (Lipinski definition) is 1. The van der Waals surface area contributed by atoms with Gasteiger partial charge in [0.05, 0.1) is 0 Å². The van der Waals surface area contributed by atoms with Crippen LogP contribution in [0.5, 0.6) is 0 Å². The minimum Gasteiger partial charge on any atom is -0.303 e. The molecule has 0 aliphatic carbocycles. The predicted molar refractivity (Wildman–Crippen MR) is 53.0 cm³/mol. The maximum absolute atomic E-state index is 10.8. The van der Waals surface area contributed by atoms with E-state index in [0.717, 1.165) is 12.7 Å². The van der Waals surface area contributed by atoms with Crippen molar-refractivity contribution >= 4 is 6.29 Å². The van der Waals surface area contributed by atoms with Gasteiger partial charge in [-0.15, -0.1) is 0 Å². The third-order valence-electron chi connectivity index (χ3n) is 2.43. The molecule has 0 aromatic heterocycles. The van der Waals surface area contributed by atoms with E-state index in [0.29, 0.717) is 17.8 Å². The number of rotatable bonds is 5. The maximum atomic E-state index is 10.8. The van der Waals surface area contributed by atoms with Crippen LogP contribution in [0.25, 0.3) is 0 Å². The first-order chi connectivity index (χ1) is 5.49. The molecule has 0 rings (SSSR count). The Balaban J connectivity index is 4.02. The van der Waals surface area contributed by atoms with Gasteiger partial charge >= 0.3 is 0 Å². The van der Waals surface area contributed by atoms with E-state index in [2.05, 4.69) is 34.6 Å². The van der Waals surface area contributed by atoms with E-state index in [9.17, 15) is 4.79 Å². The lowest BCUT2D eigenvalue weighted by Gasteiger charge is -2.23. The molecular weight excluding hydrogens is 148 g/mol. The van der Waals surface area contributed by atoms with Gasteiger partial charge < -0.3 is 4.79 Å². The topological polar surface area (TPSA) is 17.1 Å². The SMILES string of the molecule is CC(C)CC(C)C(C=O)C(C)C. The van der Waals surface area contributed by atoms with Crippen molar-refractivity contribution in [1.29, 1.82) is 0 Å². The van der Waals surface area contributed by atoms with Crippen LogP contribution in [0.2, 0.25) is 0 Å². The van der Waals surface area contributed by atoms with E-state index >= 15 is 0 Å². The van der Waals surface area contributed by atoms with Crippen molar-refractivity contribution in [3.8, 4) is 0 Å². The van der Waals surface area contributed by atoms with Crippen molar-refractivity contribution in [2.24, 2.45) is 23.7 Å². The molecule has 0 aromatic rings. The van der Waals surface area contributed by atoms with Crippen molar-refractivity contribution in [2.45, 2.75) is 41.0 Å². The minimum absolute atomic E-state index is 0.243. The van der Waals surface area contributed by atoms with E-state index < -0.39 is 0 Å². The Bertz CT molecular complexity index is 127. The van der Waals surface area contributed by atoms with Gasteiger partial charge in [0, 0.05) is 5.92 Å². The van der Waals surface area contributed by atoms with Gasteiger partial charge in [-0.05, 0) is 24.2 Å². The van der Waals surface area contributed by atoms with Crippen LogP contribution in [0.15, 0.2) is 0 Å². The first-order valence-electron chi connectivity index (χ1n) is 4.94. The van der Waals surface area contributed by atoms with Crippen LogP contribution in [0.3, 0.4) is 0 Å². The van der Waals surface area contributed by atoms with E-state index in [-0.39, 0.29) is 5.92 Å². The second-order valence-electron chi connectivity index (χ2n) is 4.56. The van der Waals surface area contributed by atoms with Crippen LogP contribution in [0, 0.1) is 23.7 Å². The van der Waals surface area contributed by atoms with Gasteiger partial charge in [0.15, 0.2) is 0 Å². The van der Waals surface area contributed by atoms with Crippen molar-refractivity contribution in [3.05, 3.63) is 0 Å². The van der Waals surface area contributed by atoms with Crippen LogP contribution in [0.4, 0.5) is 0 Å². The summed E-state index contributed by atoms with van der Waals surface area (Å²) in [5.41, 5.74) is 0. The van der Waals surface area contributed by atoms with Crippen molar-refractivity contribution in [2.75, 3.05) is 0 Å². The van der Waals surface area contributed by atoms with Crippen molar-refractivity contribution < 1.29 is 4.79 Å². The summed E-state index contributed by atoms with van der Waals surface area (Å²) in [5, 5.41) is 0. The zero-order valence-electron chi connectivity index (χ0n) is 9.00. The van der Waals surface area contributed by atoms with Crippen molar-refractivity contribution in [1.82, 2.24) is 0 Å². The average molecular weight is 170 g/mol. The number of hydrogen-bond donors (Lipinski definition) is 0. The quantitative estimate of drug-likeness (QED) is 0.579. The standard InChI is InChI=1S/C11H22O/c1-8(2)6-10(5)11(7-12)9(3)4/h7-11H,6H2,1-5H3. The molecule has 0 radical (unpaired) electrons. The smallest absolute Gasteiger partial charge is 0.123 e. The van der Waals surface area contributed by atoms with Gasteiger partial charge in [-0.3, -0.25) is 0 Å². The van der Waals surface area contributed by atoms with Crippen molar-refractivity contribution in [3.63, 3.8) is 0 Å². The maximum Gasteiger partial charge on any atom is 0.123 e. The summed E-state index contributed by atoms with van der Waals surface area (Å²) in [6, 6.07) is 0. The van der Waals surface area contributed by atoms with E-state index in [1.54, 1.807) is 0 Å². The van der Waals surface area contributed by atoms with Crippen LogP contribution < -0.4 is 0 Å². The summed E-state index contributed by atoms with van der Waals surface area (Å²) in [7, 11) is 0. The fourth-order valence-corrected chi connectivity index (χ4v) is 1.85. The van der Waals surface area contributed by atoms with E-state index in [1.807, 2.05) is 0 Å². The molecule has 2 unspecified atom stereocenters. The third kappa shape index (κ3) is 3.89. The van der Waals surface area contributed by atoms with Gasteiger partial charge in [-0.25, -0.2) is 0 Å². The zero-order chi connectivity index (χ0) is 9.72. The number of aldehydes is 1. The van der Waals surface area contributed by atoms with Crippen LogP contribution in [-0.2, 0) is 4.79 Å². The highest BCUT2D eigenvalue weighted by molar-refractivity contribution is 5.54. The monoisotopic (exact) mass is 170 g/mol. The van der Waals surface area contributed by atoms with E-state index in [4.69, 9.17) is 0 Å². The lowest BCUT2D eigenvalue weighted by molar-refractivity contribution is -0.113. The zero-order valence-corrected chi connectivity index (χ0v) is 9.00. The molecule has 0 saturated heterocycles. The Labute approximate surface area is 76.6 Å². The second-order valence-corrected chi connectivity index (χ2v) is 4.56. The van der Waals surface area contributed by atoms with Crippen LogP contribution >= 0.6 is 0 Å². The molecular formula is C11H22O. The molecule has 0 saturated carbocycles. The molecule has 1 nitrogen and oxygen atoms in total. The molecule has 0 fully saturated rings. The second kappa shape index (κ2) is 5.34. The molecule has 12 heavy (non-hydrogen) atoms. The molecule has 2 atom stereocenters. The highest BCUT2D eigenvalue weighted by Crippen LogP contribution is 2.24. The van der Waals surface area contributed by atoms with E-state index in [1.165, 1.54) is 0 Å². The summed E-state index contributed by atoms with van der Waals surface area (Å²) in [5.74, 6) is 1.95. The van der Waals surface area contributed by atoms with Gasteiger partial charge in [0.1, 0.15) is 6.29 Å². The fraction of sp³-hybridized carbons (Fsp3) is 0.909. The minimum atomic E-state index is 0.243. The summed E-state index contributed by atoms with van der Waals surface area (Å²) in [6.07, 6.45) is 2.28. The molecule has 1 heteroatoms. The van der Waals surface area contributed by atoms with Gasteiger partial charge in [0.2, 0.25) is 0 Å². The highest BCUT2D eigenvalue weighted by atomic mass is 16.1. The largest absolute Gasteiger partial charge is 0.303 e. The predicted octanol–water partition coefficient (Wildman–Crippen LogP) is 3.14. The molecule has 0 bridgehead atoms. The van der Waals surface area contributed by atoms with Gasteiger partial charge in [-0.2, -0.15) is 0 Å². The number of carbonyl (C=O) groups is 1. The molecule has 0 N–H and O–H groups in total. The van der Waals surface area contributed by atoms with Crippen LogP contribution in [0.1, 0.15) is 41.0 Å². The summed E-state index contributed by atoms with van der Waals surface area (Å²) >= 11 is 0. The first-order valence-corrected chi connectivity index (χ1v) is 4.94. The molecule has 72 valence electrons. The van der Waals surface area contributed by atoms with Gasteiger partial charge in [-0.1, -0.05) is 34.6 Å². The summed E-state index contributed by atoms with van der Waals surface area (Å²) in [6.45, 7) is 10.8. The molecule has 0 spiro atoms. The highest BCUT2D eigenvalue weighted by Gasteiger charge is 2.20. The lowest BCUT2D eigenvalue weighted by Crippen LogP contribution is -2.20. The Hall–Kier alpha value is -0.330. The number of carbonyl (C=O) groups excluding carboxylic acids is 1. The normalized spacial score (nSPS) is 16.6. The summed E-state index contributed by atoms with van der Waals surface area (Å²) in [4.78, 5) is 10.8. The van der Waals surface area contributed by atoms with Crippen LogP contribution in [-0.4, -0.2) is 6.29 Å². The van der Waals surface area contributed by atoms with Gasteiger partial charge in [0.25, 0.3) is 0 Å². The Morgan fingerprint density at radius 3 is 1.83 bits per heavy atom. The summed E-state index contributed by atoms with van der Waals surface area (Å²) < 4.78 is 0. The molecule has 0 heterocycles.